The van der Waals surface area contributed by atoms with Gasteiger partial charge in [-0.05, 0) is 46.1 Å². The van der Waals surface area contributed by atoms with Crippen LogP contribution in [0.15, 0.2) is 4.99 Å². The van der Waals surface area contributed by atoms with Gasteiger partial charge < -0.3 is 10.6 Å². The van der Waals surface area contributed by atoms with E-state index in [-0.39, 0.29) is 12.7 Å². The van der Waals surface area contributed by atoms with Gasteiger partial charge in [0.2, 0.25) is 0 Å². The van der Waals surface area contributed by atoms with Crippen molar-refractivity contribution < 1.29 is 4.39 Å². The Bertz CT molecular complexity index is 467. The van der Waals surface area contributed by atoms with Gasteiger partial charge in [0.05, 0.1) is 12.4 Å². The van der Waals surface area contributed by atoms with Crippen LogP contribution in [0.3, 0.4) is 0 Å². The molecule has 0 amide bonds. The Kier molecular flexibility index (Phi) is 7.19. The lowest BCUT2D eigenvalue weighted by Gasteiger charge is -2.18. The first kappa shape index (κ1) is 17.5. The topological polar surface area (TPSA) is 54.2 Å². The Morgan fingerprint density at radius 2 is 2.14 bits per heavy atom. The maximum atomic E-state index is 12.2. The number of hydrogen-bond acceptors (Lipinski definition) is 2. The SMILES string of the molecule is CCNC(=NCCCF)NC(C)Cc1c(C)nn(C)c1C. The fourth-order valence-electron chi connectivity index (χ4n) is 2.27. The molecule has 1 unspecified atom stereocenters. The third kappa shape index (κ3) is 5.36. The van der Waals surface area contributed by atoms with Crippen molar-refractivity contribution >= 4 is 5.96 Å². The molecule has 0 aliphatic heterocycles. The molecule has 1 heterocycles. The van der Waals surface area contributed by atoms with Gasteiger partial charge in [0.25, 0.3) is 0 Å². The van der Waals surface area contributed by atoms with E-state index in [9.17, 15) is 4.39 Å². The van der Waals surface area contributed by atoms with Crippen LogP contribution in [-0.2, 0) is 13.5 Å². The summed E-state index contributed by atoms with van der Waals surface area (Å²) in [6.45, 7) is 9.23. The molecule has 0 aliphatic carbocycles. The molecule has 120 valence electrons. The normalized spacial score (nSPS) is 13.3. The van der Waals surface area contributed by atoms with E-state index in [4.69, 9.17) is 0 Å². The van der Waals surface area contributed by atoms with Gasteiger partial charge in [-0.1, -0.05) is 0 Å². The van der Waals surface area contributed by atoms with Crippen molar-refractivity contribution in [1.82, 2.24) is 20.4 Å². The standard InChI is InChI=1S/C15H28FN5/c1-6-17-15(18-9-7-8-16)19-11(2)10-14-12(3)20-21(5)13(14)4/h11H,6-10H2,1-5H3,(H2,17,18,19). The molecule has 6 heteroatoms. The minimum Gasteiger partial charge on any atom is -0.357 e. The van der Waals surface area contributed by atoms with E-state index in [1.807, 2.05) is 25.6 Å². The molecule has 1 rings (SSSR count). The maximum absolute atomic E-state index is 12.2. The average Bonchev–Trinajstić information content (AvgIpc) is 2.66. The van der Waals surface area contributed by atoms with Crippen LogP contribution in [0.4, 0.5) is 4.39 Å². The highest BCUT2D eigenvalue weighted by atomic mass is 19.1. The summed E-state index contributed by atoms with van der Waals surface area (Å²) in [7, 11) is 1.96. The fourth-order valence-corrected chi connectivity index (χ4v) is 2.27. The van der Waals surface area contributed by atoms with Crippen molar-refractivity contribution in [3.05, 3.63) is 17.0 Å². The largest absolute Gasteiger partial charge is 0.357 e. The predicted octanol–water partition coefficient (Wildman–Crippen LogP) is 1.88. The second kappa shape index (κ2) is 8.64. The van der Waals surface area contributed by atoms with Crippen LogP contribution in [0, 0.1) is 13.8 Å². The van der Waals surface area contributed by atoms with E-state index in [0.29, 0.717) is 13.0 Å². The molecule has 0 fully saturated rings. The summed E-state index contributed by atoms with van der Waals surface area (Å²) >= 11 is 0. The smallest absolute Gasteiger partial charge is 0.191 e. The van der Waals surface area contributed by atoms with Crippen LogP contribution in [-0.4, -0.2) is 41.5 Å². The summed E-state index contributed by atoms with van der Waals surface area (Å²) in [6, 6.07) is 0.231. The second-order valence-electron chi connectivity index (χ2n) is 5.33. The summed E-state index contributed by atoms with van der Waals surface area (Å²) in [5, 5.41) is 11.0. The number of rotatable bonds is 7. The van der Waals surface area contributed by atoms with Crippen LogP contribution < -0.4 is 10.6 Å². The maximum Gasteiger partial charge on any atom is 0.191 e. The molecule has 0 aromatic carbocycles. The molecule has 0 spiro atoms. The van der Waals surface area contributed by atoms with Gasteiger partial charge in [-0.25, -0.2) is 0 Å². The first-order valence-electron chi connectivity index (χ1n) is 7.59. The van der Waals surface area contributed by atoms with Gasteiger partial charge in [0.1, 0.15) is 0 Å². The number of aromatic nitrogens is 2. The third-order valence-corrected chi connectivity index (χ3v) is 3.46. The van der Waals surface area contributed by atoms with Crippen LogP contribution in [0.5, 0.6) is 0 Å². The zero-order chi connectivity index (χ0) is 15.8. The van der Waals surface area contributed by atoms with Crippen molar-refractivity contribution in [2.24, 2.45) is 12.0 Å². The molecule has 0 radical (unpaired) electrons. The lowest BCUT2D eigenvalue weighted by Crippen LogP contribution is -2.43. The minimum absolute atomic E-state index is 0.231. The molecular formula is C15H28FN5. The Balaban J connectivity index is 2.64. The van der Waals surface area contributed by atoms with E-state index in [1.165, 1.54) is 11.3 Å². The van der Waals surface area contributed by atoms with Gasteiger partial charge >= 0.3 is 0 Å². The summed E-state index contributed by atoms with van der Waals surface area (Å²) in [6.07, 6.45) is 1.35. The lowest BCUT2D eigenvalue weighted by atomic mass is 10.1. The zero-order valence-electron chi connectivity index (χ0n) is 13.8. The second-order valence-corrected chi connectivity index (χ2v) is 5.33. The van der Waals surface area contributed by atoms with Crippen molar-refractivity contribution in [1.29, 1.82) is 0 Å². The number of nitrogens with one attached hydrogen (secondary N) is 2. The highest BCUT2D eigenvalue weighted by Gasteiger charge is 2.13. The van der Waals surface area contributed by atoms with Crippen LogP contribution in [0.25, 0.3) is 0 Å². The van der Waals surface area contributed by atoms with E-state index < -0.39 is 0 Å². The number of guanidine groups is 1. The van der Waals surface area contributed by atoms with Crippen LogP contribution in [0.1, 0.15) is 37.2 Å². The molecule has 2 N–H and O–H groups in total. The summed E-state index contributed by atoms with van der Waals surface area (Å²) in [4.78, 5) is 4.37. The van der Waals surface area contributed by atoms with Crippen molar-refractivity contribution in [3.63, 3.8) is 0 Å². The molecule has 21 heavy (non-hydrogen) atoms. The van der Waals surface area contributed by atoms with Gasteiger partial charge in [-0.3, -0.25) is 14.1 Å². The molecule has 1 atom stereocenters. The van der Waals surface area contributed by atoms with E-state index >= 15 is 0 Å². The molecule has 5 nitrogen and oxygen atoms in total. The average molecular weight is 297 g/mol. The summed E-state index contributed by atoms with van der Waals surface area (Å²) < 4.78 is 14.1. The number of hydrogen-bond donors (Lipinski definition) is 2. The quantitative estimate of drug-likeness (QED) is 0.459. The Labute approximate surface area is 127 Å². The van der Waals surface area contributed by atoms with E-state index in [2.05, 4.69) is 34.6 Å². The first-order valence-corrected chi connectivity index (χ1v) is 7.59. The Hall–Kier alpha value is -1.59. The molecule has 1 aromatic heterocycles. The predicted molar refractivity (Wildman–Crippen MR) is 85.6 cm³/mol. The third-order valence-electron chi connectivity index (χ3n) is 3.46. The molecule has 1 aromatic rings. The molecule has 0 saturated heterocycles. The number of nitrogens with zero attached hydrogens (tertiary/aromatic N) is 3. The van der Waals surface area contributed by atoms with Crippen molar-refractivity contribution in [3.8, 4) is 0 Å². The monoisotopic (exact) mass is 297 g/mol. The minimum atomic E-state index is -0.327. The van der Waals surface area contributed by atoms with E-state index in [1.54, 1.807) is 0 Å². The van der Waals surface area contributed by atoms with E-state index in [0.717, 1.165) is 24.6 Å². The Morgan fingerprint density at radius 3 is 2.67 bits per heavy atom. The fraction of sp³-hybridized carbons (Fsp3) is 0.733. The molecule has 0 bridgehead atoms. The van der Waals surface area contributed by atoms with Crippen LogP contribution in [0.2, 0.25) is 0 Å². The summed E-state index contributed by atoms with van der Waals surface area (Å²) in [5.74, 6) is 0.748. The van der Waals surface area contributed by atoms with Crippen LogP contribution >= 0.6 is 0 Å². The van der Waals surface area contributed by atoms with Gasteiger partial charge in [0, 0.05) is 31.9 Å². The number of alkyl halides is 1. The lowest BCUT2D eigenvalue weighted by molar-refractivity contribution is 0.477. The Morgan fingerprint density at radius 1 is 1.43 bits per heavy atom. The highest BCUT2D eigenvalue weighted by Crippen LogP contribution is 2.14. The molecule has 0 aliphatic rings. The van der Waals surface area contributed by atoms with Crippen molar-refractivity contribution in [2.45, 2.75) is 46.6 Å². The number of aliphatic imine (C=N–C) groups is 1. The zero-order valence-corrected chi connectivity index (χ0v) is 13.8. The number of halogens is 1. The van der Waals surface area contributed by atoms with Gasteiger partial charge in [-0.2, -0.15) is 5.10 Å². The number of aryl methyl sites for hydroxylation is 2. The van der Waals surface area contributed by atoms with Crippen molar-refractivity contribution in [2.75, 3.05) is 19.8 Å². The molecule has 0 saturated carbocycles. The van der Waals surface area contributed by atoms with Gasteiger partial charge in [-0.15, -0.1) is 0 Å². The highest BCUT2D eigenvalue weighted by molar-refractivity contribution is 5.80. The summed E-state index contributed by atoms with van der Waals surface area (Å²) in [5.41, 5.74) is 3.54. The van der Waals surface area contributed by atoms with Gasteiger partial charge in [0.15, 0.2) is 5.96 Å². The molecular weight excluding hydrogens is 269 g/mol. The first-order chi connectivity index (χ1) is 9.99.